The molecule has 4 nitrogen and oxygen atoms in total. The van der Waals surface area contributed by atoms with Crippen molar-refractivity contribution in [1.82, 2.24) is 9.38 Å². The van der Waals surface area contributed by atoms with Crippen molar-refractivity contribution in [3.8, 4) is 6.07 Å². The molecule has 0 aliphatic carbocycles. The fourth-order valence-electron chi connectivity index (χ4n) is 3.23. The predicted molar refractivity (Wildman–Crippen MR) is 103 cm³/mol. The van der Waals surface area contributed by atoms with Gasteiger partial charge in [0.05, 0.1) is 22.1 Å². The topological polar surface area (TPSA) is 53.1 Å². The lowest BCUT2D eigenvalue weighted by Crippen LogP contribution is -2.05. The molecule has 1 N–H and O–H groups in total. The lowest BCUT2D eigenvalue weighted by molar-refractivity contribution is 0.607. The van der Waals surface area contributed by atoms with E-state index in [0.29, 0.717) is 11.5 Å². The van der Waals surface area contributed by atoms with Crippen LogP contribution in [0.4, 0.5) is 5.69 Å². The molecule has 0 saturated carbocycles. The zero-order valence-electron chi connectivity index (χ0n) is 14.5. The molecule has 2 aromatic carbocycles. The third kappa shape index (κ3) is 2.68. The summed E-state index contributed by atoms with van der Waals surface area (Å²) >= 11 is 0. The summed E-state index contributed by atoms with van der Waals surface area (Å²) in [5.74, 6) is 0.676. The number of nitriles is 1. The number of imidazole rings is 1. The highest BCUT2D eigenvalue weighted by Crippen LogP contribution is 2.28. The molecule has 25 heavy (non-hydrogen) atoms. The molecule has 4 aromatic rings. The smallest absolute Gasteiger partial charge is 0.156 e. The maximum Gasteiger partial charge on any atom is 0.156 e. The van der Waals surface area contributed by atoms with Crippen LogP contribution in [-0.4, -0.2) is 15.9 Å². The van der Waals surface area contributed by atoms with Crippen molar-refractivity contribution >= 4 is 33.3 Å². The molecule has 2 aromatic heterocycles. The maximum atomic E-state index is 9.53. The molecule has 0 saturated heterocycles. The van der Waals surface area contributed by atoms with Crippen LogP contribution in [0.1, 0.15) is 25.8 Å². The largest absolute Gasteiger partial charge is 0.385 e. The summed E-state index contributed by atoms with van der Waals surface area (Å²) in [5, 5.41) is 14.1. The molecular formula is C21H20N4. The molecule has 4 rings (SSSR count). The molecule has 0 radical (unpaired) electrons. The van der Waals surface area contributed by atoms with Crippen LogP contribution in [0.3, 0.4) is 0 Å². The highest BCUT2D eigenvalue weighted by atomic mass is 15.0. The van der Waals surface area contributed by atoms with Crippen LogP contribution in [0, 0.1) is 17.2 Å². The van der Waals surface area contributed by atoms with E-state index in [1.807, 2.05) is 24.3 Å². The average Bonchev–Trinajstić information content (AvgIpc) is 3.00. The van der Waals surface area contributed by atoms with Gasteiger partial charge in [0.1, 0.15) is 6.07 Å². The van der Waals surface area contributed by atoms with Gasteiger partial charge in [-0.05, 0) is 42.7 Å². The van der Waals surface area contributed by atoms with E-state index in [9.17, 15) is 5.26 Å². The van der Waals surface area contributed by atoms with Gasteiger partial charge in [-0.2, -0.15) is 5.26 Å². The Balaban J connectivity index is 1.94. The van der Waals surface area contributed by atoms with E-state index in [4.69, 9.17) is 0 Å². The number of nitrogens with zero attached hydrogens (tertiary/aromatic N) is 3. The molecular weight excluding hydrogens is 308 g/mol. The fraction of sp³-hybridized carbons (Fsp3) is 0.238. The first-order valence-corrected chi connectivity index (χ1v) is 8.65. The lowest BCUT2D eigenvalue weighted by Gasteiger charge is -2.11. The van der Waals surface area contributed by atoms with E-state index < -0.39 is 0 Å². The summed E-state index contributed by atoms with van der Waals surface area (Å²) < 4.78 is 2.09. The molecule has 124 valence electrons. The number of rotatable bonds is 4. The van der Waals surface area contributed by atoms with Crippen molar-refractivity contribution < 1.29 is 0 Å². The summed E-state index contributed by atoms with van der Waals surface area (Å²) in [4.78, 5) is 4.67. The van der Waals surface area contributed by atoms with E-state index in [1.54, 1.807) is 0 Å². The first-order chi connectivity index (χ1) is 12.2. The van der Waals surface area contributed by atoms with Crippen LogP contribution in [0.15, 0.2) is 48.5 Å². The van der Waals surface area contributed by atoms with E-state index >= 15 is 0 Å². The second-order valence-electron chi connectivity index (χ2n) is 6.81. The van der Waals surface area contributed by atoms with Gasteiger partial charge in [-0.3, -0.25) is 4.40 Å². The van der Waals surface area contributed by atoms with E-state index in [0.717, 1.165) is 46.2 Å². The van der Waals surface area contributed by atoms with Gasteiger partial charge >= 0.3 is 0 Å². The number of nitrogens with one attached hydrogen (secondary N) is 1. The van der Waals surface area contributed by atoms with Crippen molar-refractivity contribution in [2.24, 2.45) is 5.92 Å². The summed E-state index contributed by atoms with van der Waals surface area (Å²) in [6.07, 6.45) is 1.13. The molecule has 0 atom stereocenters. The van der Waals surface area contributed by atoms with Gasteiger partial charge in [0.2, 0.25) is 0 Å². The van der Waals surface area contributed by atoms with Gasteiger partial charge in [0.25, 0.3) is 0 Å². The van der Waals surface area contributed by atoms with Crippen LogP contribution in [-0.2, 0) is 0 Å². The molecule has 0 fully saturated rings. The Labute approximate surface area is 146 Å². The minimum absolute atomic E-state index is 0.601. The van der Waals surface area contributed by atoms with Gasteiger partial charge < -0.3 is 5.32 Å². The summed E-state index contributed by atoms with van der Waals surface area (Å²) in [6, 6.07) is 18.5. The third-order valence-electron chi connectivity index (χ3n) is 4.54. The molecule has 2 heterocycles. The van der Waals surface area contributed by atoms with Crippen molar-refractivity contribution in [2.75, 3.05) is 11.9 Å². The molecule has 0 unspecified atom stereocenters. The number of pyridine rings is 1. The first kappa shape index (κ1) is 15.5. The zero-order valence-corrected chi connectivity index (χ0v) is 14.5. The average molecular weight is 328 g/mol. The molecule has 0 bridgehead atoms. The second-order valence-corrected chi connectivity index (χ2v) is 6.81. The fourth-order valence-corrected chi connectivity index (χ4v) is 3.23. The Hall–Kier alpha value is -3.06. The Morgan fingerprint density at radius 3 is 2.76 bits per heavy atom. The molecule has 0 spiro atoms. The number of benzene rings is 2. The number of anilines is 1. The monoisotopic (exact) mass is 328 g/mol. The summed E-state index contributed by atoms with van der Waals surface area (Å²) in [7, 11) is 0. The zero-order chi connectivity index (χ0) is 17.4. The summed E-state index contributed by atoms with van der Waals surface area (Å²) in [5.41, 5.74) is 5.41. The Morgan fingerprint density at radius 1 is 1.12 bits per heavy atom. The van der Waals surface area contributed by atoms with Gasteiger partial charge in [0.15, 0.2) is 5.65 Å². The molecule has 0 aliphatic rings. The first-order valence-electron chi connectivity index (χ1n) is 8.65. The van der Waals surface area contributed by atoms with Gasteiger partial charge in [-0.15, -0.1) is 0 Å². The van der Waals surface area contributed by atoms with Crippen molar-refractivity contribution in [2.45, 2.75) is 20.3 Å². The highest BCUT2D eigenvalue weighted by Gasteiger charge is 2.12. The number of aromatic nitrogens is 2. The Morgan fingerprint density at radius 2 is 1.96 bits per heavy atom. The predicted octanol–water partition coefficient (Wildman–Crippen LogP) is 4.97. The Kier molecular flexibility index (Phi) is 3.77. The minimum atomic E-state index is 0.601. The van der Waals surface area contributed by atoms with Crippen LogP contribution < -0.4 is 5.32 Å². The van der Waals surface area contributed by atoms with E-state index in [-0.39, 0.29) is 0 Å². The van der Waals surface area contributed by atoms with Crippen molar-refractivity contribution in [3.05, 3.63) is 54.1 Å². The van der Waals surface area contributed by atoms with Crippen LogP contribution in [0.2, 0.25) is 0 Å². The summed E-state index contributed by atoms with van der Waals surface area (Å²) in [6.45, 7) is 5.41. The van der Waals surface area contributed by atoms with Crippen LogP contribution in [0.5, 0.6) is 0 Å². The van der Waals surface area contributed by atoms with Gasteiger partial charge in [-0.25, -0.2) is 4.98 Å². The van der Waals surface area contributed by atoms with Crippen LogP contribution >= 0.6 is 0 Å². The van der Waals surface area contributed by atoms with Crippen LogP contribution in [0.25, 0.3) is 27.6 Å². The third-order valence-corrected chi connectivity index (χ3v) is 4.54. The maximum absolute atomic E-state index is 9.53. The number of hydrogen-bond acceptors (Lipinski definition) is 3. The number of para-hydroxylation sites is 2. The normalized spacial score (nSPS) is 11.4. The molecule has 4 heteroatoms. The highest BCUT2D eigenvalue weighted by molar-refractivity contribution is 5.94. The van der Waals surface area contributed by atoms with E-state index in [2.05, 4.69) is 58.9 Å². The molecule has 0 amide bonds. The van der Waals surface area contributed by atoms with Gasteiger partial charge in [0, 0.05) is 17.6 Å². The van der Waals surface area contributed by atoms with Crippen molar-refractivity contribution in [1.29, 1.82) is 5.26 Å². The Bertz CT molecular complexity index is 1120. The molecule has 0 aliphatic heterocycles. The minimum Gasteiger partial charge on any atom is -0.385 e. The number of fused-ring (bicyclic) bond motifs is 5. The second kappa shape index (κ2) is 6.10. The van der Waals surface area contributed by atoms with Gasteiger partial charge in [-0.1, -0.05) is 32.0 Å². The number of hydrogen-bond donors (Lipinski definition) is 1. The quantitative estimate of drug-likeness (QED) is 0.575. The van der Waals surface area contributed by atoms with Crippen molar-refractivity contribution in [3.63, 3.8) is 0 Å². The SMILES string of the molecule is CC(C)CCNc1ccc2cc(C#N)c3nc4ccccc4n3c2c1. The lowest BCUT2D eigenvalue weighted by atomic mass is 10.1. The standard InChI is InChI=1S/C21H20N4/c1-14(2)9-10-23-17-8-7-15-11-16(13-22)21-24-18-5-3-4-6-19(18)25(21)20(15)12-17/h3-8,11-12,14,23H,9-10H2,1-2H3. The van der Waals surface area contributed by atoms with E-state index in [1.165, 1.54) is 0 Å².